The van der Waals surface area contributed by atoms with Gasteiger partial charge in [-0.3, -0.25) is 4.21 Å². The normalized spacial score (nSPS) is 12.4. The molecule has 0 saturated carbocycles. The van der Waals surface area contributed by atoms with Gasteiger partial charge in [-0.05, 0) is 45.8 Å². The van der Waals surface area contributed by atoms with Crippen molar-refractivity contribution in [1.82, 2.24) is 0 Å². The predicted octanol–water partition coefficient (Wildman–Crippen LogP) is 3.62. The van der Waals surface area contributed by atoms with Gasteiger partial charge < -0.3 is 5.73 Å². The second-order valence-electron chi connectivity index (χ2n) is 3.88. The number of nitrogen functional groups attached to an aromatic ring is 1. The van der Waals surface area contributed by atoms with E-state index in [-0.39, 0.29) is 10.6 Å². The van der Waals surface area contributed by atoms with Crippen LogP contribution in [0.25, 0.3) is 0 Å². The molecule has 2 N–H and O–H groups in total. The minimum Gasteiger partial charge on any atom is -0.398 e. The van der Waals surface area contributed by atoms with Gasteiger partial charge >= 0.3 is 0 Å². The number of rotatable bonds is 3. The Bertz CT molecular complexity index is 649. The van der Waals surface area contributed by atoms with Crippen molar-refractivity contribution in [2.45, 2.75) is 10.6 Å². The molecule has 0 aliphatic carbocycles. The largest absolute Gasteiger partial charge is 0.398 e. The second-order valence-corrected chi connectivity index (χ2v) is 6.10. The number of benzene rings is 2. The maximum atomic E-state index is 13.5. The first-order chi connectivity index (χ1) is 8.99. The van der Waals surface area contributed by atoms with Crippen molar-refractivity contribution in [2.24, 2.45) is 0 Å². The Labute approximate surface area is 120 Å². The molecule has 0 saturated heterocycles. The molecule has 2 aromatic rings. The minimum absolute atomic E-state index is 0.0615. The summed E-state index contributed by atoms with van der Waals surface area (Å²) >= 11 is 3.29. The van der Waals surface area contributed by atoms with Gasteiger partial charge in [-0.2, -0.15) is 0 Å². The Morgan fingerprint density at radius 2 is 1.95 bits per heavy atom. The third-order valence-corrected chi connectivity index (χ3v) is 4.88. The van der Waals surface area contributed by atoms with Crippen LogP contribution in [0.4, 0.5) is 14.5 Å². The number of anilines is 1. The fraction of sp³-hybridized carbons (Fsp3) is 0.0769. The first kappa shape index (κ1) is 14.1. The molecule has 19 heavy (non-hydrogen) atoms. The average molecular weight is 346 g/mol. The SMILES string of the molecule is Nc1cccc(CS(=O)c2cc(F)ccc2F)c1Br. The summed E-state index contributed by atoms with van der Waals surface area (Å²) in [5, 5.41) is 0. The molecule has 6 heteroatoms. The van der Waals surface area contributed by atoms with Crippen molar-refractivity contribution >= 4 is 32.4 Å². The van der Waals surface area contributed by atoms with E-state index in [1.54, 1.807) is 18.2 Å². The molecule has 2 nitrogen and oxygen atoms in total. The van der Waals surface area contributed by atoms with Gasteiger partial charge in [0.05, 0.1) is 21.4 Å². The molecule has 0 aliphatic heterocycles. The monoisotopic (exact) mass is 345 g/mol. The van der Waals surface area contributed by atoms with Crippen molar-refractivity contribution < 1.29 is 13.0 Å². The van der Waals surface area contributed by atoms with Crippen molar-refractivity contribution in [3.63, 3.8) is 0 Å². The van der Waals surface area contributed by atoms with Gasteiger partial charge in [0.1, 0.15) is 11.6 Å². The zero-order valence-corrected chi connectivity index (χ0v) is 12.1. The third kappa shape index (κ3) is 3.19. The predicted molar refractivity (Wildman–Crippen MR) is 75.0 cm³/mol. The first-order valence-corrected chi connectivity index (χ1v) is 7.46. The number of halogens is 3. The highest BCUT2D eigenvalue weighted by atomic mass is 79.9. The van der Waals surface area contributed by atoms with Crippen LogP contribution in [0.1, 0.15) is 5.56 Å². The van der Waals surface area contributed by atoms with Crippen LogP contribution in [0.2, 0.25) is 0 Å². The summed E-state index contributed by atoms with van der Waals surface area (Å²) in [6, 6.07) is 8.05. The highest BCUT2D eigenvalue weighted by molar-refractivity contribution is 9.10. The van der Waals surface area contributed by atoms with Gasteiger partial charge in [-0.15, -0.1) is 0 Å². The molecule has 0 amide bonds. The third-order valence-electron chi connectivity index (χ3n) is 2.53. The molecule has 0 radical (unpaired) electrons. The molecule has 100 valence electrons. The summed E-state index contributed by atoms with van der Waals surface area (Å²) in [4.78, 5) is -0.144. The van der Waals surface area contributed by atoms with Crippen LogP contribution < -0.4 is 5.73 Å². The maximum absolute atomic E-state index is 13.5. The zero-order valence-electron chi connectivity index (χ0n) is 9.70. The topological polar surface area (TPSA) is 43.1 Å². The lowest BCUT2D eigenvalue weighted by Crippen LogP contribution is -2.02. The molecule has 0 bridgehead atoms. The molecule has 2 aromatic carbocycles. The van der Waals surface area contributed by atoms with E-state index in [0.29, 0.717) is 15.7 Å². The lowest BCUT2D eigenvalue weighted by Gasteiger charge is -2.08. The maximum Gasteiger partial charge on any atom is 0.139 e. The van der Waals surface area contributed by atoms with E-state index in [4.69, 9.17) is 5.73 Å². The molecular formula is C13H10BrF2NOS. The molecule has 0 aliphatic rings. The van der Waals surface area contributed by atoms with Crippen molar-refractivity contribution in [3.05, 3.63) is 58.1 Å². The van der Waals surface area contributed by atoms with E-state index < -0.39 is 22.4 Å². The highest BCUT2D eigenvalue weighted by Gasteiger charge is 2.14. The fourth-order valence-electron chi connectivity index (χ4n) is 1.58. The summed E-state index contributed by atoms with van der Waals surface area (Å²) in [6.07, 6.45) is 0. The fourth-order valence-corrected chi connectivity index (χ4v) is 3.38. The molecule has 2 rings (SSSR count). The van der Waals surface area contributed by atoms with Gasteiger partial charge in [0.15, 0.2) is 0 Å². The van der Waals surface area contributed by atoms with Crippen LogP contribution in [0, 0.1) is 11.6 Å². The summed E-state index contributed by atoms with van der Waals surface area (Å²) in [5.74, 6) is -1.23. The second kappa shape index (κ2) is 5.79. The van der Waals surface area contributed by atoms with Gasteiger partial charge in [-0.25, -0.2) is 8.78 Å². The van der Waals surface area contributed by atoms with Crippen LogP contribution >= 0.6 is 15.9 Å². The van der Waals surface area contributed by atoms with Crippen LogP contribution in [0.5, 0.6) is 0 Å². The van der Waals surface area contributed by atoms with Crippen molar-refractivity contribution in [3.8, 4) is 0 Å². The lowest BCUT2D eigenvalue weighted by atomic mass is 10.2. The van der Waals surface area contributed by atoms with Crippen LogP contribution in [-0.2, 0) is 16.6 Å². The molecule has 1 atom stereocenters. The van der Waals surface area contributed by atoms with Gasteiger partial charge in [0.2, 0.25) is 0 Å². The Morgan fingerprint density at radius 3 is 2.68 bits per heavy atom. The van der Waals surface area contributed by atoms with Crippen molar-refractivity contribution in [1.29, 1.82) is 0 Å². The van der Waals surface area contributed by atoms with E-state index in [1.807, 2.05) is 0 Å². The summed E-state index contributed by atoms with van der Waals surface area (Å²) in [5.41, 5.74) is 6.90. The van der Waals surface area contributed by atoms with Crippen LogP contribution in [0.15, 0.2) is 45.8 Å². The zero-order chi connectivity index (χ0) is 14.0. The number of hydrogen-bond donors (Lipinski definition) is 1. The Kier molecular flexibility index (Phi) is 4.31. The molecular weight excluding hydrogens is 336 g/mol. The average Bonchev–Trinajstić information content (AvgIpc) is 2.38. The van der Waals surface area contributed by atoms with Crippen LogP contribution in [0.3, 0.4) is 0 Å². The molecule has 0 spiro atoms. The summed E-state index contributed by atoms with van der Waals surface area (Å²) in [6.45, 7) is 0. The summed E-state index contributed by atoms with van der Waals surface area (Å²) < 4.78 is 39.3. The van der Waals surface area contributed by atoms with Gasteiger partial charge in [0, 0.05) is 10.2 Å². The van der Waals surface area contributed by atoms with E-state index in [1.165, 1.54) is 0 Å². The molecule has 0 heterocycles. The quantitative estimate of drug-likeness (QED) is 0.863. The lowest BCUT2D eigenvalue weighted by molar-refractivity contribution is 0.572. The molecule has 0 aromatic heterocycles. The summed E-state index contributed by atoms with van der Waals surface area (Å²) in [7, 11) is -1.68. The first-order valence-electron chi connectivity index (χ1n) is 5.35. The van der Waals surface area contributed by atoms with Crippen molar-refractivity contribution in [2.75, 3.05) is 5.73 Å². The van der Waals surface area contributed by atoms with E-state index in [2.05, 4.69) is 15.9 Å². The Hall–Kier alpha value is -1.27. The smallest absolute Gasteiger partial charge is 0.139 e. The minimum atomic E-state index is -1.68. The van der Waals surface area contributed by atoms with Crippen LogP contribution in [-0.4, -0.2) is 4.21 Å². The Morgan fingerprint density at radius 1 is 1.21 bits per heavy atom. The van der Waals surface area contributed by atoms with E-state index in [0.717, 1.165) is 18.2 Å². The van der Waals surface area contributed by atoms with E-state index >= 15 is 0 Å². The molecule has 1 unspecified atom stereocenters. The van der Waals surface area contributed by atoms with E-state index in [9.17, 15) is 13.0 Å². The van der Waals surface area contributed by atoms with Gasteiger partial charge in [-0.1, -0.05) is 12.1 Å². The highest BCUT2D eigenvalue weighted by Crippen LogP contribution is 2.26. The Balaban J connectivity index is 2.31. The number of nitrogens with two attached hydrogens (primary N) is 1. The van der Waals surface area contributed by atoms with Gasteiger partial charge in [0.25, 0.3) is 0 Å². The standard InChI is InChI=1S/C13H10BrF2NOS/c14-13-8(2-1-3-11(13)17)7-19(18)12-6-9(15)4-5-10(12)16/h1-6H,7,17H2. The number of hydrogen-bond acceptors (Lipinski definition) is 2. The molecule has 0 fully saturated rings.